The molecule has 0 bridgehead atoms. The number of nitrogens with zero attached hydrogens (tertiary/aromatic N) is 2. The van der Waals surface area contributed by atoms with Crippen molar-refractivity contribution in [3.63, 3.8) is 0 Å². The van der Waals surface area contributed by atoms with Crippen molar-refractivity contribution in [1.82, 2.24) is 0 Å². The zero-order valence-electron chi connectivity index (χ0n) is 7.36. The van der Waals surface area contributed by atoms with E-state index in [1.54, 1.807) is 6.21 Å². The minimum absolute atomic E-state index is 0.356. The van der Waals surface area contributed by atoms with Crippen LogP contribution in [-0.2, 0) is 0 Å². The van der Waals surface area contributed by atoms with Gasteiger partial charge in [0, 0.05) is 12.4 Å². The van der Waals surface area contributed by atoms with E-state index in [1.165, 1.54) is 5.57 Å². The van der Waals surface area contributed by atoms with Crippen LogP contribution in [0, 0.1) is 11.8 Å². The Morgan fingerprint density at radius 1 is 1.42 bits per heavy atom. The van der Waals surface area contributed by atoms with Crippen molar-refractivity contribution in [2.24, 2.45) is 21.8 Å². The van der Waals surface area contributed by atoms with E-state index >= 15 is 0 Å². The molecule has 0 aromatic heterocycles. The third-order valence-electron chi connectivity index (χ3n) is 2.25. The summed E-state index contributed by atoms with van der Waals surface area (Å²) >= 11 is 0. The van der Waals surface area contributed by atoms with Gasteiger partial charge in [0.1, 0.15) is 5.84 Å². The molecule has 0 amide bonds. The van der Waals surface area contributed by atoms with Crippen molar-refractivity contribution in [1.29, 1.82) is 0 Å². The number of rotatable bonds is 1. The van der Waals surface area contributed by atoms with Crippen molar-refractivity contribution in [3.05, 3.63) is 23.9 Å². The molecule has 2 aliphatic rings. The molecule has 0 spiro atoms. The molecule has 0 fully saturated rings. The molecule has 0 saturated heterocycles. The molecule has 2 aliphatic heterocycles. The van der Waals surface area contributed by atoms with Crippen molar-refractivity contribution >= 4 is 12.1 Å². The van der Waals surface area contributed by atoms with E-state index in [0.29, 0.717) is 11.8 Å². The van der Waals surface area contributed by atoms with Crippen LogP contribution in [0.15, 0.2) is 33.9 Å². The summed E-state index contributed by atoms with van der Waals surface area (Å²) in [6.45, 7) is 4.38. The van der Waals surface area contributed by atoms with Crippen LogP contribution < -0.4 is 0 Å². The summed E-state index contributed by atoms with van der Waals surface area (Å²) in [7, 11) is 0. The maximum Gasteiger partial charge on any atom is 0.139 e. The average molecular weight is 160 g/mol. The number of aliphatic imine (C=N–C) groups is 2. The zero-order valence-corrected chi connectivity index (χ0v) is 7.36. The molecule has 0 radical (unpaired) electrons. The minimum Gasteiger partial charge on any atom is -0.240 e. The molecule has 2 rings (SSSR count). The Bertz CT molecular complexity index is 306. The van der Waals surface area contributed by atoms with E-state index in [1.807, 2.05) is 12.3 Å². The highest BCUT2D eigenvalue weighted by atomic mass is 14.9. The monoisotopic (exact) mass is 160 g/mol. The summed E-state index contributed by atoms with van der Waals surface area (Å²) in [4.78, 5) is 8.48. The van der Waals surface area contributed by atoms with E-state index in [2.05, 4.69) is 29.9 Å². The van der Waals surface area contributed by atoms with E-state index in [0.717, 1.165) is 5.84 Å². The van der Waals surface area contributed by atoms with Gasteiger partial charge < -0.3 is 0 Å². The fourth-order valence-corrected chi connectivity index (χ4v) is 1.55. The lowest BCUT2D eigenvalue weighted by Gasteiger charge is -2.15. The second kappa shape index (κ2) is 2.70. The molecule has 0 aromatic rings. The number of hydrogen-bond donors (Lipinski definition) is 0. The fourth-order valence-electron chi connectivity index (χ4n) is 1.55. The summed E-state index contributed by atoms with van der Waals surface area (Å²) < 4.78 is 0. The first-order valence-electron chi connectivity index (χ1n) is 4.27. The maximum atomic E-state index is 4.27. The topological polar surface area (TPSA) is 24.7 Å². The Morgan fingerprint density at radius 3 is 3.00 bits per heavy atom. The first-order chi connectivity index (χ1) is 5.79. The van der Waals surface area contributed by atoms with Crippen LogP contribution in [0.2, 0.25) is 0 Å². The van der Waals surface area contributed by atoms with Crippen LogP contribution >= 0.6 is 0 Å². The maximum absolute atomic E-state index is 4.27. The first kappa shape index (κ1) is 7.47. The van der Waals surface area contributed by atoms with Gasteiger partial charge in [-0.05, 0) is 17.6 Å². The molecule has 62 valence electrons. The zero-order chi connectivity index (χ0) is 8.55. The number of allylic oxidation sites excluding steroid dienone is 1. The summed E-state index contributed by atoms with van der Waals surface area (Å²) in [5.41, 5.74) is 1.37. The Hall–Kier alpha value is -1.18. The Balaban J connectivity index is 2.27. The molecule has 1 unspecified atom stereocenters. The summed E-state index contributed by atoms with van der Waals surface area (Å²) in [6, 6.07) is 0. The van der Waals surface area contributed by atoms with Crippen molar-refractivity contribution in [2.75, 3.05) is 0 Å². The fraction of sp³-hybridized carbons (Fsp3) is 0.400. The van der Waals surface area contributed by atoms with Gasteiger partial charge in [-0.25, -0.2) is 9.98 Å². The quantitative estimate of drug-likeness (QED) is 0.561. The standard InChI is InChI=1S/C10H12N2/c1-7(2)9-6-12-10-8(9)4-3-5-11-10/h3-8H,1-2H3. The van der Waals surface area contributed by atoms with Crippen molar-refractivity contribution in [3.8, 4) is 0 Å². The largest absolute Gasteiger partial charge is 0.240 e. The van der Waals surface area contributed by atoms with Crippen LogP contribution in [0.4, 0.5) is 0 Å². The predicted octanol–water partition coefficient (Wildman–Crippen LogP) is 2.20. The minimum atomic E-state index is 0.356. The normalized spacial score (nSPS) is 25.8. The molecule has 12 heavy (non-hydrogen) atoms. The Labute approximate surface area is 72.4 Å². The molecule has 2 heterocycles. The van der Waals surface area contributed by atoms with Crippen LogP contribution in [0.5, 0.6) is 0 Å². The third-order valence-corrected chi connectivity index (χ3v) is 2.25. The van der Waals surface area contributed by atoms with Gasteiger partial charge in [0.25, 0.3) is 0 Å². The number of hydrogen-bond acceptors (Lipinski definition) is 2. The Kier molecular flexibility index (Phi) is 1.68. The van der Waals surface area contributed by atoms with Gasteiger partial charge in [0.2, 0.25) is 0 Å². The molecule has 0 aromatic carbocycles. The van der Waals surface area contributed by atoms with Gasteiger partial charge in [0.15, 0.2) is 0 Å². The number of amidine groups is 1. The second-order valence-electron chi connectivity index (χ2n) is 3.41. The Morgan fingerprint density at radius 2 is 2.25 bits per heavy atom. The molecule has 0 saturated carbocycles. The predicted molar refractivity (Wildman–Crippen MR) is 51.5 cm³/mol. The SMILES string of the molecule is CC(C)C1=CN=C2N=CC=CC12. The summed E-state index contributed by atoms with van der Waals surface area (Å²) in [6.07, 6.45) is 7.90. The van der Waals surface area contributed by atoms with Crippen LogP contribution in [0.1, 0.15) is 13.8 Å². The van der Waals surface area contributed by atoms with Gasteiger partial charge in [-0.3, -0.25) is 0 Å². The summed E-state index contributed by atoms with van der Waals surface area (Å²) in [5.74, 6) is 1.87. The second-order valence-corrected chi connectivity index (χ2v) is 3.41. The van der Waals surface area contributed by atoms with E-state index in [-0.39, 0.29) is 0 Å². The number of dihydropyridines is 1. The van der Waals surface area contributed by atoms with Crippen LogP contribution in [0.25, 0.3) is 0 Å². The molecular formula is C10H12N2. The van der Waals surface area contributed by atoms with Gasteiger partial charge in [-0.2, -0.15) is 0 Å². The third kappa shape index (κ3) is 1.04. The smallest absolute Gasteiger partial charge is 0.139 e. The molecule has 1 atom stereocenters. The van der Waals surface area contributed by atoms with E-state index in [4.69, 9.17) is 0 Å². The van der Waals surface area contributed by atoms with E-state index < -0.39 is 0 Å². The van der Waals surface area contributed by atoms with Crippen LogP contribution in [-0.4, -0.2) is 12.1 Å². The first-order valence-corrected chi connectivity index (χ1v) is 4.27. The average Bonchev–Trinajstić information content (AvgIpc) is 2.47. The summed E-state index contributed by atoms with van der Waals surface area (Å²) in [5, 5.41) is 0. The lowest BCUT2D eigenvalue weighted by atomic mass is 9.90. The lowest BCUT2D eigenvalue weighted by Crippen LogP contribution is -2.14. The lowest BCUT2D eigenvalue weighted by molar-refractivity contribution is 0.716. The molecule has 2 nitrogen and oxygen atoms in total. The van der Waals surface area contributed by atoms with Crippen molar-refractivity contribution in [2.45, 2.75) is 13.8 Å². The highest BCUT2D eigenvalue weighted by molar-refractivity contribution is 6.01. The molecule has 2 heteroatoms. The van der Waals surface area contributed by atoms with Crippen molar-refractivity contribution < 1.29 is 0 Å². The number of fused-ring (bicyclic) bond motifs is 1. The highest BCUT2D eigenvalue weighted by Crippen LogP contribution is 2.29. The molecule has 0 aliphatic carbocycles. The van der Waals surface area contributed by atoms with Gasteiger partial charge in [-0.15, -0.1) is 0 Å². The van der Waals surface area contributed by atoms with Crippen LogP contribution in [0.3, 0.4) is 0 Å². The highest BCUT2D eigenvalue weighted by Gasteiger charge is 2.24. The van der Waals surface area contributed by atoms with Gasteiger partial charge >= 0.3 is 0 Å². The molecule has 0 N–H and O–H groups in total. The van der Waals surface area contributed by atoms with E-state index in [9.17, 15) is 0 Å². The van der Waals surface area contributed by atoms with Gasteiger partial charge in [0.05, 0.1) is 5.92 Å². The van der Waals surface area contributed by atoms with Gasteiger partial charge in [-0.1, -0.05) is 19.9 Å². The molecular weight excluding hydrogens is 148 g/mol.